The van der Waals surface area contributed by atoms with Gasteiger partial charge in [-0.25, -0.2) is 0 Å². The van der Waals surface area contributed by atoms with Crippen molar-refractivity contribution in [2.75, 3.05) is 19.8 Å². The molecular weight excluding hydrogens is 438 g/mol. The molecule has 1 amide bonds. The van der Waals surface area contributed by atoms with Crippen LogP contribution >= 0.6 is 0 Å². The van der Waals surface area contributed by atoms with Crippen LogP contribution in [0.4, 0.5) is 0 Å². The quantitative estimate of drug-likeness (QED) is 0.383. The fraction of sp³-hybridized carbons (Fsp3) is 0.759. The molecule has 2 aliphatic heterocycles. The summed E-state index contributed by atoms with van der Waals surface area (Å²) in [4.78, 5) is 25.9. The van der Waals surface area contributed by atoms with Crippen LogP contribution in [0.15, 0.2) is 12.2 Å². The Labute approximate surface area is 211 Å². The molecule has 3 heterocycles. The minimum absolute atomic E-state index is 0.0254. The Balaban J connectivity index is 1.32. The first kappa shape index (κ1) is 26.1. The number of carbonyl (C=O) groups is 2. The number of hydrogen-bond donors (Lipinski definition) is 1. The third-order valence-electron chi connectivity index (χ3n) is 8.90. The number of nitrogens with zero attached hydrogens (tertiary/aromatic N) is 2. The Morgan fingerprint density at radius 3 is 2.51 bits per heavy atom. The van der Waals surface area contributed by atoms with Crippen LogP contribution in [0.3, 0.4) is 0 Å². The van der Waals surface area contributed by atoms with E-state index in [1.54, 1.807) is 0 Å². The highest BCUT2D eigenvalue weighted by Crippen LogP contribution is 2.38. The molecule has 35 heavy (non-hydrogen) atoms. The van der Waals surface area contributed by atoms with E-state index in [9.17, 15) is 9.59 Å². The van der Waals surface area contributed by atoms with Crippen LogP contribution in [0.2, 0.25) is 0 Å². The number of fused-ring (bicyclic) bond motifs is 1. The summed E-state index contributed by atoms with van der Waals surface area (Å²) < 4.78 is 7.70. The number of rotatable bonds is 9. The highest BCUT2D eigenvalue weighted by Gasteiger charge is 2.39. The third-order valence-corrected chi connectivity index (χ3v) is 8.90. The van der Waals surface area contributed by atoms with E-state index in [2.05, 4.69) is 37.3 Å². The molecule has 6 heteroatoms. The molecule has 6 nitrogen and oxygen atoms in total. The third kappa shape index (κ3) is 5.90. The first-order chi connectivity index (χ1) is 16.8. The average molecular weight is 484 g/mol. The minimum Gasteiger partial charge on any atom is -0.381 e. The molecule has 1 N–H and O–H groups in total. The van der Waals surface area contributed by atoms with Crippen LogP contribution in [-0.4, -0.2) is 41.2 Å². The van der Waals surface area contributed by atoms with Gasteiger partial charge in [0, 0.05) is 38.6 Å². The zero-order valence-electron chi connectivity index (χ0n) is 22.2. The van der Waals surface area contributed by atoms with E-state index in [1.807, 2.05) is 0 Å². The monoisotopic (exact) mass is 483 g/mol. The Morgan fingerprint density at radius 2 is 1.86 bits per heavy atom. The van der Waals surface area contributed by atoms with Crippen molar-refractivity contribution in [2.45, 2.75) is 97.9 Å². The van der Waals surface area contributed by atoms with Gasteiger partial charge in [-0.1, -0.05) is 32.9 Å². The lowest BCUT2D eigenvalue weighted by Crippen LogP contribution is -2.40. The van der Waals surface area contributed by atoms with Gasteiger partial charge in [0.25, 0.3) is 5.91 Å². The molecule has 0 unspecified atom stereocenters. The first-order valence-corrected chi connectivity index (χ1v) is 14.0. The van der Waals surface area contributed by atoms with Gasteiger partial charge in [0.15, 0.2) is 0 Å². The predicted molar refractivity (Wildman–Crippen MR) is 138 cm³/mol. The van der Waals surface area contributed by atoms with Crippen LogP contribution in [0.1, 0.15) is 100 Å². The normalized spacial score (nSPS) is 24.2. The van der Waals surface area contributed by atoms with Crippen LogP contribution in [-0.2, 0) is 28.9 Å². The van der Waals surface area contributed by atoms with Crippen molar-refractivity contribution >= 4 is 11.7 Å². The van der Waals surface area contributed by atoms with E-state index in [4.69, 9.17) is 9.84 Å². The van der Waals surface area contributed by atoms with Gasteiger partial charge < -0.3 is 10.1 Å². The molecule has 0 atom stereocenters. The number of ether oxygens (including phenoxy) is 1. The summed E-state index contributed by atoms with van der Waals surface area (Å²) in [5.41, 5.74) is 4.22. The zero-order valence-corrected chi connectivity index (χ0v) is 22.2. The van der Waals surface area contributed by atoms with Crippen LogP contribution < -0.4 is 5.32 Å². The summed E-state index contributed by atoms with van der Waals surface area (Å²) in [6.07, 6.45) is 10.3. The van der Waals surface area contributed by atoms with Gasteiger partial charge >= 0.3 is 0 Å². The van der Waals surface area contributed by atoms with Gasteiger partial charge in [-0.2, -0.15) is 5.10 Å². The molecule has 1 saturated carbocycles. The second-order valence-electron chi connectivity index (χ2n) is 11.5. The maximum atomic E-state index is 13.0. The molecule has 1 spiro atoms. The van der Waals surface area contributed by atoms with Gasteiger partial charge in [0.1, 0.15) is 5.78 Å². The number of allylic oxidation sites excluding steroid dienone is 1. The van der Waals surface area contributed by atoms with Crippen molar-refractivity contribution in [2.24, 2.45) is 23.2 Å². The molecule has 194 valence electrons. The number of aryl methyl sites for hydroxylation is 2. The molecule has 1 aromatic rings. The molecule has 1 saturated heterocycles. The largest absolute Gasteiger partial charge is 0.381 e. The lowest BCUT2D eigenvalue weighted by atomic mass is 9.74. The fourth-order valence-electron chi connectivity index (χ4n) is 6.38. The second kappa shape index (κ2) is 11.4. The van der Waals surface area contributed by atoms with Crippen molar-refractivity contribution in [1.82, 2.24) is 15.1 Å². The van der Waals surface area contributed by atoms with Crippen molar-refractivity contribution in [3.8, 4) is 0 Å². The lowest BCUT2D eigenvalue weighted by Gasteiger charge is -2.36. The number of unbranched alkanes of at least 4 members (excludes halogenated alkanes) is 1. The summed E-state index contributed by atoms with van der Waals surface area (Å²) in [5, 5.41) is 8.04. The van der Waals surface area contributed by atoms with E-state index in [0.717, 1.165) is 101 Å². The number of amides is 1. The van der Waals surface area contributed by atoms with E-state index >= 15 is 0 Å². The molecule has 0 bridgehead atoms. The number of carbonyl (C=O) groups excluding carboxylic acids is 2. The van der Waals surface area contributed by atoms with E-state index < -0.39 is 0 Å². The Morgan fingerprint density at radius 1 is 1.17 bits per heavy atom. The zero-order chi connectivity index (χ0) is 25.0. The van der Waals surface area contributed by atoms with Gasteiger partial charge in [0.2, 0.25) is 0 Å². The number of ketones is 1. The second-order valence-corrected chi connectivity index (χ2v) is 11.5. The topological polar surface area (TPSA) is 73.2 Å². The maximum Gasteiger partial charge on any atom is 0.255 e. The molecule has 0 radical (unpaired) electrons. The molecule has 2 fully saturated rings. The molecule has 4 rings (SSSR count). The van der Waals surface area contributed by atoms with Crippen LogP contribution in [0.5, 0.6) is 0 Å². The summed E-state index contributed by atoms with van der Waals surface area (Å²) in [6, 6.07) is 0. The molecule has 1 aliphatic carbocycles. The number of hydrogen-bond acceptors (Lipinski definition) is 4. The van der Waals surface area contributed by atoms with Gasteiger partial charge in [-0.15, -0.1) is 0 Å². The number of nitrogens with one attached hydrogen (secondary N) is 1. The standard InChI is InChI=1S/C29H45N3O3/c1-5-24-27-25(18-29(19-30-28(27)34)13-16-35-17-14-29)32(31-24)15-7-6-8-26(33)23-11-9-22(10-12-23)21(4)20(2)3/h20,22-23H,4-19H2,1-3H3,(H,30,34). The van der Waals surface area contributed by atoms with Crippen LogP contribution in [0, 0.1) is 23.2 Å². The SMILES string of the molecule is C=C(C(C)C)C1CCC(C(=O)CCCCn2nc(CC)c3c2CC2(CCOCC2)CNC3=O)CC1. The highest BCUT2D eigenvalue weighted by atomic mass is 16.5. The molecule has 0 aromatic carbocycles. The summed E-state index contributed by atoms with van der Waals surface area (Å²) in [5.74, 6) is 1.82. The van der Waals surface area contributed by atoms with Gasteiger partial charge in [-0.3, -0.25) is 14.3 Å². The molecule has 1 aromatic heterocycles. The van der Waals surface area contributed by atoms with E-state index in [-0.39, 0.29) is 17.2 Å². The highest BCUT2D eigenvalue weighted by molar-refractivity contribution is 5.97. The van der Waals surface area contributed by atoms with Crippen molar-refractivity contribution < 1.29 is 14.3 Å². The number of aromatic nitrogens is 2. The van der Waals surface area contributed by atoms with Crippen molar-refractivity contribution in [3.05, 3.63) is 29.1 Å². The predicted octanol–water partition coefficient (Wildman–Crippen LogP) is 5.29. The van der Waals surface area contributed by atoms with Crippen molar-refractivity contribution in [3.63, 3.8) is 0 Å². The maximum absolute atomic E-state index is 13.0. The minimum atomic E-state index is 0.0254. The van der Waals surface area contributed by atoms with Crippen molar-refractivity contribution in [1.29, 1.82) is 0 Å². The summed E-state index contributed by atoms with van der Waals surface area (Å²) in [7, 11) is 0. The Kier molecular flexibility index (Phi) is 8.51. The Hall–Kier alpha value is -1.95. The van der Waals surface area contributed by atoms with Gasteiger partial charge in [0.05, 0.1) is 17.0 Å². The molecular formula is C29H45N3O3. The van der Waals surface area contributed by atoms with E-state index in [1.165, 1.54) is 5.57 Å². The smallest absolute Gasteiger partial charge is 0.255 e. The van der Waals surface area contributed by atoms with E-state index in [0.29, 0.717) is 30.6 Å². The fourth-order valence-corrected chi connectivity index (χ4v) is 6.38. The van der Waals surface area contributed by atoms with Crippen LogP contribution in [0.25, 0.3) is 0 Å². The summed E-state index contributed by atoms with van der Waals surface area (Å²) >= 11 is 0. The lowest BCUT2D eigenvalue weighted by molar-refractivity contribution is -0.124. The number of Topliss-reactive ketones (excluding diaryl/α,β-unsaturated/α-hetero) is 1. The first-order valence-electron chi connectivity index (χ1n) is 14.0. The average Bonchev–Trinajstić information content (AvgIpc) is 3.15. The Bertz CT molecular complexity index is 918. The van der Waals surface area contributed by atoms with Gasteiger partial charge in [-0.05, 0) is 81.5 Å². The summed E-state index contributed by atoms with van der Waals surface area (Å²) in [6.45, 7) is 13.8. The molecule has 3 aliphatic rings.